The van der Waals surface area contributed by atoms with Crippen molar-refractivity contribution in [2.24, 2.45) is 10.7 Å². The largest absolute Gasteiger partial charge is 0.384 e. The second-order valence-corrected chi connectivity index (χ2v) is 3.72. The molecule has 3 heteroatoms. The molecule has 3 N–H and O–H groups in total. The number of likely N-dealkylation sites (N-methyl/N-ethyl adjacent to an activating group) is 1. The molecule has 0 aliphatic heterocycles. The molecule has 0 radical (unpaired) electrons. The fraction of sp³-hybridized carbons (Fsp3) is 0.462. The van der Waals surface area contributed by atoms with Crippen molar-refractivity contribution in [2.75, 3.05) is 20.1 Å². The number of nitrogens with two attached hydrogens (primary N) is 1. The molecule has 0 aromatic rings. The van der Waals surface area contributed by atoms with Crippen molar-refractivity contribution in [3.8, 4) is 0 Å². The fourth-order valence-corrected chi connectivity index (χ4v) is 1.19. The Kier molecular flexibility index (Phi) is 7.21. The Labute approximate surface area is 98.8 Å². The Morgan fingerprint density at radius 1 is 1.44 bits per heavy atom. The van der Waals surface area contributed by atoms with Gasteiger partial charge in [-0.15, -0.1) is 0 Å². The molecular weight excluding hydrogens is 198 g/mol. The molecule has 0 saturated heterocycles. The van der Waals surface area contributed by atoms with Crippen LogP contribution < -0.4 is 11.1 Å². The van der Waals surface area contributed by atoms with Crippen molar-refractivity contribution in [1.29, 1.82) is 0 Å². The average Bonchev–Trinajstić information content (AvgIpc) is 2.28. The predicted octanol–water partition coefficient (Wildman–Crippen LogP) is 2.03. The van der Waals surface area contributed by atoms with Gasteiger partial charge in [-0.3, -0.25) is 4.99 Å². The number of hydrogen-bond donors (Lipinski definition) is 2. The molecule has 0 heterocycles. The van der Waals surface area contributed by atoms with Crippen LogP contribution in [0.25, 0.3) is 0 Å². The first-order chi connectivity index (χ1) is 7.56. The molecule has 0 amide bonds. The second kappa shape index (κ2) is 7.88. The van der Waals surface area contributed by atoms with Gasteiger partial charge in [-0.05, 0) is 32.0 Å². The maximum absolute atomic E-state index is 5.77. The number of hydrogen-bond acceptors (Lipinski definition) is 2. The molecule has 0 saturated carbocycles. The summed E-state index contributed by atoms with van der Waals surface area (Å²) in [6.07, 6.45) is 3.77. The number of aliphatic imine (C=N–C) groups is 1. The summed E-state index contributed by atoms with van der Waals surface area (Å²) >= 11 is 0. The average molecular weight is 221 g/mol. The molecule has 0 fully saturated rings. The third kappa shape index (κ3) is 4.94. The summed E-state index contributed by atoms with van der Waals surface area (Å²) in [5.41, 5.74) is 9.14. The molecule has 0 spiro atoms. The van der Waals surface area contributed by atoms with E-state index in [-0.39, 0.29) is 0 Å². The topological polar surface area (TPSA) is 50.4 Å². The Hall–Kier alpha value is -1.35. The van der Waals surface area contributed by atoms with E-state index in [1.807, 2.05) is 6.08 Å². The number of rotatable bonds is 6. The molecular formula is C13H23N3. The Bertz CT molecular complexity index is 318. The maximum atomic E-state index is 5.77. The first-order valence-corrected chi connectivity index (χ1v) is 5.50. The van der Waals surface area contributed by atoms with E-state index >= 15 is 0 Å². The van der Waals surface area contributed by atoms with Crippen LogP contribution in [0.4, 0.5) is 0 Å². The molecule has 0 aliphatic carbocycles. The molecule has 0 bridgehead atoms. The standard InChI is InChI=1S/C13H23N3/c1-6-11(13(14)15-5)8-12(10(3)4)9-16-7-2/h6,8,16H,1,7,9H2,2-5H3,(H2,14,15)/b11-8+. The monoisotopic (exact) mass is 221 g/mol. The number of nitrogens with zero attached hydrogens (tertiary/aromatic N) is 1. The van der Waals surface area contributed by atoms with Gasteiger partial charge in [-0.1, -0.05) is 25.2 Å². The van der Waals surface area contributed by atoms with Crippen LogP contribution in [0, 0.1) is 0 Å². The van der Waals surface area contributed by atoms with Crippen LogP contribution in [-0.4, -0.2) is 26.0 Å². The summed E-state index contributed by atoms with van der Waals surface area (Å²) in [4.78, 5) is 3.96. The van der Waals surface area contributed by atoms with Crippen molar-refractivity contribution >= 4 is 5.84 Å². The number of allylic oxidation sites excluding steroid dienone is 1. The van der Waals surface area contributed by atoms with Crippen LogP contribution in [0.2, 0.25) is 0 Å². The maximum Gasteiger partial charge on any atom is 0.125 e. The first kappa shape index (κ1) is 14.6. The Morgan fingerprint density at radius 3 is 2.44 bits per heavy atom. The van der Waals surface area contributed by atoms with E-state index in [9.17, 15) is 0 Å². The lowest BCUT2D eigenvalue weighted by Gasteiger charge is -2.08. The van der Waals surface area contributed by atoms with Crippen molar-refractivity contribution in [3.05, 3.63) is 35.5 Å². The van der Waals surface area contributed by atoms with Gasteiger partial charge in [0.15, 0.2) is 0 Å². The van der Waals surface area contributed by atoms with Gasteiger partial charge in [0.25, 0.3) is 0 Å². The van der Waals surface area contributed by atoms with E-state index in [1.54, 1.807) is 13.1 Å². The normalized spacial score (nSPS) is 12.5. The zero-order valence-corrected chi connectivity index (χ0v) is 10.8. The van der Waals surface area contributed by atoms with E-state index in [0.29, 0.717) is 5.84 Å². The summed E-state index contributed by atoms with van der Waals surface area (Å²) in [5.74, 6) is 0.519. The molecule has 0 aromatic heterocycles. The van der Waals surface area contributed by atoms with Crippen LogP contribution in [0.15, 0.2) is 40.4 Å². The summed E-state index contributed by atoms with van der Waals surface area (Å²) in [5, 5.41) is 3.30. The van der Waals surface area contributed by atoms with Crippen molar-refractivity contribution in [3.63, 3.8) is 0 Å². The molecule has 90 valence electrons. The van der Waals surface area contributed by atoms with E-state index in [1.165, 1.54) is 11.1 Å². The Morgan fingerprint density at radius 2 is 2.06 bits per heavy atom. The fourth-order valence-electron chi connectivity index (χ4n) is 1.19. The van der Waals surface area contributed by atoms with Gasteiger partial charge < -0.3 is 11.1 Å². The molecule has 0 rings (SSSR count). The minimum Gasteiger partial charge on any atom is -0.384 e. The molecule has 3 nitrogen and oxygen atoms in total. The van der Waals surface area contributed by atoms with Crippen molar-refractivity contribution < 1.29 is 0 Å². The smallest absolute Gasteiger partial charge is 0.125 e. The lowest BCUT2D eigenvalue weighted by Crippen LogP contribution is -2.18. The van der Waals surface area contributed by atoms with Crippen molar-refractivity contribution in [1.82, 2.24) is 5.32 Å². The molecule has 0 atom stereocenters. The highest BCUT2D eigenvalue weighted by Crippen LogP contribution is 2.08. The molecule has 0 aliphatic rings. The van der Waals surface area contributed by atoms with Gasteiger partial charge in [-0.25, -0.2) is 0 Å². The van der Waals surface area contributed by atoms with Gasteiger partial charge in [0.05, 0.1) is 0 Å². The summed E-state index contributed by atoms with van der Waals surface area (Å²) in [6, 6.07) is 0. The highest BCUT2D eigenvalue weighted by atomic mass is 14.8. The van der Waals surface area contributed by atoms with Gasteiger partial charge in [-0.2, -0.15) is 0 Å². The van der Waals surface area contributed by atoms with Crippen LogP contribution >= 0.6 is 0 Å². The van der Waals surface area contributed by atoms with E-state index < -0.39 is 0 Å². The zero-order chi connectivity index (χ0) is 12.6. The third-order valence-corrected chi connectivity index (χ3v) is 2.29. The lowest BCUT2D eigenvalue weighted by molar-refractivity contribution is 0.780. The second-order valence-electron chi connectivity index (χ2n) is 3.72. The molecule has 16 heavy (non-hydrogen) atoms. The van der Waals surface area contributed by atoms with E-state index in [2.05, 4.69) is 37.7 Å². The van der Waals surface area contributed by atoms with E-state index in [4.69, 9.17) is 5.73 Å². The quantitative estimate of drug-likeness (QED) is 0.409. The van der Waals surface area contributed by atoms with Crippen molar-refractivity contribution in [2.45, 2.75) is 20.8 Å². The van der Waals surface area contributed by atoms with E-state index in [0.717, 1.165) is 18.7 Å². The summed E-state index contributed by atoms with van der Waals surface area (Å²) < 4.78 is 0. The minimum absolute atomic E-state index is 0.519. The van der Waals surface area contributed by atoms with Crippen LogP contribution in [0.5, 0.6) is 0 Å². The minimum atomic E-state index is 0.519. The van der Waals surface area contributed by atoms with Gasteiger partial charge in [0, 0.05) is 19.2 Å². The SMILES string of the molecule is C=C/C(=C\C(CNCC)=C(C)C)C(N)=NC. The third-order valence-electron chi connectivity index (χ3n) is 2.29. The number of amidine groups is 1. The van der Waals surface area contributed by atoms with Gasteiger partial charge >= 0.3 is 0 Å². The van der Waals surface area contributed by atoms with Crippen LogP contribution in [0.3, 0.4) is 0 Å². The van der Waals surface area contributed by atoms with Gasteiger partial charge in [0.1, 0.15) is 5.84 Å². The first-order valence-electron chi connectivity index (χ1n) is 5.50. The molecule has 0 aromatic carbocycles. The zero-order valence-electron chi connectivity index (χ0n) is 10.8. The summed E-state index contributed by atoms with van der Waals surface area (Å²) in [6.45, 7) is 11.8. The highest BCUT2D eigenvalue weighted by molar-refractivity contribution is 5.99. The van der Waals surface area contributed by atoms with Gasteiger partial charge in [0.2, 0.25) is 0 Å². The summed E-state index contributed by atoms with van der Waals surface area (Å²) in [7, 11) is 1.68. The molecule has 0 unspecified atom stereocenters. The highest BCUT2D eigenvalue weighted by Gasteiger charge is 2.01. The predicted molar refractivity (Wildman–Crippen MR) is 72.7 cm³/mol. The van der Waals surface area contributed by atoms with Crippen LogP contribution in [0.1, 0.15) is 20.8 Å². The van der Waals surface area contributed by atoms with Crippen LogP contribution in [-0.2, 0) is 0 Å². The lowest BCUT2D eigenvalue weighted by atomic mass is 10.1. The Balaban J connectivity index is 5.03. The number of nitrogens with one attached hydrogen (secondary N) is 1.